The zero-order valence-corrected chi connectivity index (χ0v) is 7.07. The third-order valence-corrected chi connectivity index (χ3v) is 1.81. The van der Waals surface area contributed by atoms with Gasteiger partial charge in [0.15, 0.2) is 5.95 Å². The van der Waals surface area contributed by atoms with E-state index >= 15 is 0 Å². The van der Waals surface area contributed by atoms with E-state index in [1.54, 1.807) is 6.07 Å². The Morgan fingerprint density at radius 3 is 3.00 bits per heavy atom. The summed E-state index contributed by atoms with van der Waals surface area (Å²) in [6, 6.07) is 4.39. The Balaban J connectivity index is 2.62. The van der Waals surface area contributed by atoms with E-state index in [0.29, 0.717) is 5.65 Å². The normalized spacial score (nSPS) is 10.4. The lowest BCUT2D eigenvalue weighted by atomic mass is 10.5. The zero-order chi connectivity index (χ0) is 10.1. The van der Waals surface area contributed by atoms with Crippen LogP contribution in [-0.2, 0) is 0 Å². The monoisotopic (exact) mass is 194 g/mol. The van der Waals surface area contributed by atoms with Crippen molar-refractivity contribution < 1.29 is 9.18 Å². The number of nitrogens with zero attached hydrogens (tertiary/aromatic N) is 2. The van der Waals surface area contributed by atoms with Gasteiger partial charge in [0.05, 0.1) is 0 Å². The maximum atomic E-state index is 13.1. The minimum absolute atomic E-state index is 0.0811. The zero-order valence-electron chi connectivity index (χ0n) is 7.07. The number of pyridine rings is 1. The molecule has 0 fully saturated rings. The van der Waals surface area contributed by atoms with Crippen LogP contribution in [0.1, 0.15) is 10.5 Å². The molecule has 72 valence electrons. The Hall–Kier alpha value is -1.95. The lowest BCUT2D eigenvalue weighted by Gasteiger charge is -1.92. The van der Waals surface area contributed by atoms with Crippen LogP contribution in [0.2, 0.25) is 0 Å². The molecule has 3 N–H and O–H groups in total. The van der Waals surface area contributed by atoms with Gasteiger partial charge in [-0.25, -0.2) is 10.8 Å². The van der Waals surface area contributed by atoms with Crippen molar-refractivity contribution in [2.45, 2.75) is 0 Å². The van der Waals surface area contributed by atoms with Gasteiger partial charge in [-0.15, -0.1) is 0 Å². The Morgan fingerprint density at radius 1 is 1.57 bits per heavy atom. The van der Waals surface area contributed by atoms with Gasteiger partial charge in [0, 0.05) is 6.20 Å². The number of fused-ring (bicyclic) bond motifs is 1. The molecule has 0 bridgehead atoms. The molecular formula is C8H7FN4O. The molecule has 0 aliphatic rings. The van der Waals surface area contributed by atoms with E-state index < -0.39 is 11.9 Å². The number of nitrogen functional groups attached to an aromatic ring is 1. The number of carbonyl (C=O) groups excluding carboxylic acids is 1. The second kappa shape index (κ2) is 3.08. The lowest BCUT2D eigenvalue weighted by molar-refractivity contribution is 0.0949. The van der Waals surface area contributed by atoms with Crippen LogP contribution in [-0.4, -0.2) is 15.3 Å². The van der Waals surface area contributed by atoms with E-state index in [-0.39, 0.29) is 5.69 Å². The molecule has 6 heteroatoms. The Bertz CT molecular complexity index is 493. The average Bonchev–Trinajstić information content (AvgIpc) is 2.62. The maximum absolute atomic E-state index is 13.1. The molecule has 5 nitrogen and oxygen atoms in total. The van der Waals surface area contributed by atoms with E-state index in [9.17, 15) is 9.18 Å². The summed E-state index contributed by atoms with van der Waals surface area (Å²) < 4.78 is 14.3. The van der Waals surface area contributed by atoms with E-state index in [1.807, 2.05) is 5.43 Å². The summed E-state index contributed by atoms with van der Waals surface area (Å²) in [5, 5.41) is 0. The third kappa shape index (κ3) is 1.21. The van der Waals surface area contributed by atoms with Gasteiger partial charge in [-0.3, -0.25) is 14.6 Å². The number of hydrazine groups is 1. The molecule has 0 atom stereocenters. The number of rotatable bonds is 1. The highest BCUT2D eigenvalue weighted by Crippen LogP contribution is 2.07. The van der Waals surface area contributed by atoms with Crippen LogP contribution in [0.4, 0.5) is 4.39 Å². The molecule has 14 heavy (non-hydrogen) atoms. The molecule has 2 rings (SSSR count). The van der Waals surface area contributed by atoms with Crippen molar-refractivity contribution in [3.8, 4) is 0 Å². The smallest absolute Gasteiger partial charge is 0.285 e. The van der Waals surface area contributed by atoms with Gasteiger partial charge in [-0.05, 0) is 12.1 Å². The van der Waals surface area contributed by atoms with Crippen LogP contribution in [0.3, 0.4) is 0 Å². The summed E-state index contributed by atoms with van der Waals surface area (Å²) in [6.45, 7) is 0. The number of hydrogen-bond acceptors (Lipinski definition) is 3. The number of carbonyl (C=O) groups is 1. The first-order valence-corrected chi connectivity index (χ1v) is 3.87. The summed E-state index contributed by atoms with van der Waals surface area (Å²) in [4.78, 5) is 14.9. The molecule has 2 aromatic heterocycles. The fourth-order valence-electron chi connectivity index (χ4n) is 1.16. The van der Waals surface area contributed by atoms with Crippen molar-refractivity contribution in [3.05, 3.63) is 36.0 Å². The molecule has 0 radical (unpaired) electrons. The second-order valence-corrected chi connectivity index (χ2v) is 2.68. The lowest BCUT2D eigenvalue weighted by Crippen LogP contribution is -2.30. The first-order valence-electron chi connectivity index (χ1n) is 3.87. The van der Waals surface area contributed by atoms with Crippen LogP contribution in [0, 0.1) is 5.95 Å². The predicted molar refractivity (Wildman–Crippen MR) is 46.8 cm³/mol. The first kappa shape index (κ1) is 8.64. The molecule has 0 aliphatic heterocycles. The maximum Gasteiger partial charge on any atom is 0.285 e. The fraction of sp³-hybridized carbons (Fsp3) is 0. The van der Waals surface area contributed by atoms with E-state index in [4.69, 9.17) is 5.84 Å². The van der Waals surface area contributed by atoms with Gasteiger partial charge in [0.2, 0.25) is 0 Å². The minimum Gasteiger partial charge on any atom is -0.289 e. The SMILES string of the molecule is NNC(=O)c1cn2c(F)cccc2n1. The van der Waals surface area contributed by atoms with Crippen molar-refractivity contribution in [1.82, 2.24) is 14.8 Å². The van der Waals surface area contributed by atoms with Crippen molar-refractivity contribution >= 4 is 11.6 Å². The topological polar surface area (TPSA) is 72.4 Å². The minimum atomic E-state index is -0.548. The summed E-state index contributed by atoms with van der Waals surface area (Å²) >= 11 is 0. The Morgan fingerprint density at radius 2 is 2.36 bits per heavy atom. The summed E-state index contributed by atoms with van der Waals surface area (Å²) in [5.41, 5.74) is 2.37. The molecule has 0 saturated carbocycles. The molecular weight excluding hydrogens is 187 g/mol. The highest BCUT2D eigenvalue weighted by atomic mass is 19.1. The van der Waals surface area contributed by atoms with Crippen molar-refractivity contribution in [2.24, 2.45) is 5.84 Å². The summed E-state index contributed by atoms with van der Waals surface area (Å²) in [6.07, 6.45) is 1.28. The number of nitrogens with one attached hydrogen (secondary N) is 1. The molecule has 2 heterocycles. The number of aromatic nitrogens is 2. The van der Waals surface area contributed by atoms with Gasteiger partial charge in [-0.2, -0.15) is 4.39 Å². The molecule has 0 spiro atoms. The van der Waals surface area contributed by atoms with Gasteiger partial charge in [0.25, 0.3) is 5.91 Å². The molecule has 0 saturated heterocycles. The van der Waals surface area contributed by atoms with Crippen LogP contribution in [0.15, 0.2) is 24.4 Å². The van der Waals surface area contributed by atoms with Gasteiger partial charge in [0.1, 0.15) is 11.3 Å². The number of amides is 1. The average molecular weight is 194 g/mol. The largest absolute Gasteiger partial charge is 0.289 e. The van der Waals surface area contributed by atoms with Crippen molar-refractivity contribution in [1.29, 1.82) is 0 Å². The van der Waals surface area contributed by atoms with Crippen LogP contribution in [0.25, 0.3) is 5.65 Å². The number of hydrogen-bond donors (Lipinski definition) is 2. The first-order chi connectivity index (χ1) is 6.72. The fourth-order valence-corrected chi connectivity index (χ4v) is 1.16. The van der Waals surface area contributed by atoms with Gasteiger partial charge < -0.3 is 0 Å². The van der Waals surface area contributed by atoms with Gasteiger partial charge >= 0.3 is 0 Å². The highest BCUT2D eigenvalue weighted by Gasteiger charge is 2.10. The van der Waals surface area contributed by atoms with Crippen LogP contribution < -0.4 is 11.3 Å². The van der Waals surface area contributed by atoms with Gasteiger partial charge in [-0.1, -0.05) is 6.07 Å². The molecule has 0 aromatic carbocycles. The quantitative estimate of drug-likeness (QED) is 0.292. The Labute approximate surface area is 78.3 Å². The summed E-state index contributed by atoms with van der Waals surface area (Å²) in [7, 11) is 0. The summed E-state index contributed by atoms with van der Waals surface area (Å²) in [5.74, 6) is 3.89. The standard InChI is InChI=1S/C8H7FN4O/c9-6-2-1-3-7-11-5(4-13(6)7)8(14)12-10/h1-4H,10H2,(H,12,14). The van der Waals surface area contributed by atoms with E-state index in [1.165, 1.54) is 22.7 Å². The third-order valence-electron chi connectivity index (χ3n) is 1.81. The predicted octanol–water partition coefficient (Wildman–Crippen LogP) is 0.0769. The number of halogens is 1. The van der Waals surface area contributed by atoms with Crippen molar-refractivity contribution in [2.75, 3.05) is 0 Å². The molecule has 2 aromatic rings. The molecule has 1 amide bonds. The number of imidazole rings is 1. The van der Waals surface area contributed by atoms with Crippen molar-refractivity contribution in [3.63, 3.8) is 0 Å². The van der Waals surface area contributed by atoms with Crippen LogP contribution >= 0.6 is 0 Å². The molecule has 0 aliphatic carbocycles. The molecule has 0 unspecified atom stereocenters. The highest BCUT2D eigenvalue weighted by molar-refractivity contribution is 5.92. The van der Waals surface area contributed by atoms with Crippen LogP contribution in [0.5, 0.6) is 0 Å². The van der Waals surface area contributed by atoms with E-state index in [0.717, 1.165) is 0 Å². The van der Waals surface area contributed by atoms with E-state index in [2.05, 4.69) is 4.98 Å². The second-order valence-electron chi connectivity index (χ2n) is 2.68. The number of nitrogens with two attached hydrogens (primary N) is 1. The Kier molecular flexibility index (Phi) is 1.90.